The number of nitrogens with one attached hydrogen (secondary N) is 2. The molecule has 40 heavy (non-hydrogen) atoms. The molecule has 2 N–H and O–H groups in total. The summed E-state index contributed by atoms with van der Waals surface area (Å²) in [4.78, 5) is 28.3. The number of benzene rings is 5. The van der Waals surface area contributed by atoms with Gasteiger partial charge in [0.15, 0.2) is 0 Å². The molecule has 5 rings (SSSR count). The van der Waals surface area contributed by atoms with Crippen molar-refractivity contribution >= 4 is 35.3 Å². The van der Waals surface area contributed by atoms with E-state index < -0.39 is 0 Å². The zero-order valence-corrected chi connectivity index (χ0v) is 23.3. The summed E-state index contributed by atoms with van der Waals surface area (Å²) in [5.41, 5.74) is 3.14. The number of amides is 2. The van der Waals surface area contributed by atoms with Crippen molar-refractivity contribution in [1.82, 2.24) is 10.6 Å². The van der Waals surface area contributed by atoms with Gasteiger partial charge in [-0.3, -0.25) is 9.59 Å². The van der Waals surface area contributed by atoms with Crippen LogP contribution in [-0.4, -0.2) is 11.8 Å². The van der Waals surface area contributed by atoms with Gasteiger partial charge in [-0.1, -0.05) is 121 Å². The molecule has 0 bridgehead atoms. The van der Waals surface area contributed by atoms with Gasteiger partial charge in [0.2, 0.25) is 0 Å². The molecule has 6 heteroatoms. The molecule has 2 unspecified atom stereocenters. The number of hydrogen-bond donors (Lipinski definition) is 2. The number of carbonyl (C=O) groups is 2. The third kappa shape index (κ3) is 7.44. The van der Waals surface area contributed by atoms with Crippen LogP contribution in [0.15, 0.2) is 155 Å². The zero-order valence-electron chi connectivity index (χ0n) is 21.6. The average Bonchev–Trinajstić information content (AvgIpc) is 3.02. The number of thioether (sulfide) groups is 2. The van der Waals surface area contributed by atoms with E-state index in [1.54, 1.807) is 23.5 Å². The summed E-state index contributed by atoms with van der Waals surface area (Å²) in [6.45, 7) is 0. The maximum Gasteiger partial charge on any atom is 0.252 e. The van der Waals surface area contributed by atoms with E-state index >= 15 is 0 Å². The Balaban J connectivity index is 1.40. The molecule has 5 aromatic rings. The largest absolute Gasteiger partial charge is 0.336 e. The van der Waals surface area contributed by atoms with Gasteiger partial charge >= 0.3 is 0 Å². The van der Waals surface area contributed by atoms with Crippen molar-refractivity contribution < 1.29 is 9.59 Å². The normalized spacial score (nSPS) is 12.2. The van der Waals surface area contributed by atoms with E-state index in [2.05, 4.69) is 10.6 Å². The Morgan fingerprint density at radius 3 is 1.05 bits per heavy atom. The van der Waals surface area contributed by atoms with Gasteiger partial charge < -0.3 is 10.6 Å². The molecule has 0 fully saturated rings. The van der Waals surface area contributed by atoms with Crippen LogP contribution in [0.3, 0.4) is 0 Å². The van der Waals surface area contributed by atoms with Gasteiger partial charge in [-0.25, -0.2) is 0 Å². The third-order valence-corrected chi connectivity index (χ3v) is 8.47. The molecule has 0 aliphatic rings. The van der Waals surface area contributed by atoms with Crippen molar-refractivity contribution in [3.63, 3.8) is 0 Å². The van der Waals surface area contributed by atoms with E-state index in [-0.39, 0.29) is 22.6 Å². The SMILES string of the molecule is O=C(NC(Sc1ccccc1)c1ccc(C(NC(=O)c2ccccc2)Sc2ccccc2)cc1)c1ccccc1. The second kappa shape index (κ2) is 13.7. The molecule has 0 saturated carbocycles. The highest BCUT2D eigenvalue weighted by molar-refractivity contribution is 7.99. The van der Waals surface area contributed by atoms with Gasteiger partial charge in [-0.05, 0) is 59.7 Å². The van der Waals surface area contributed by atoms with Gasteiger partial charge in [0.05, 0.1) is 0 Å². The van der Waals surface area contributed by atoms with Gasteiger partial charge in [0, 0.05) is 20.9 Å². The molecule has 5 aromatic carbocycles. The van der Waals surface area contributed by atoms with Crippen LogP contribution in [0.1, 0.15) is 42.6 Å². The van der Waals surface area contributed by atoms with Gasteiger partial charge in [-0.15, -0.1) is 0 Å². The summed E-state index contributed by atoms with van der Waals surface area (Å²) in [5, 5.41) is 5.77. The first kappa shape index (κ1) is 27.3. The molecular weight excluding hydrogens is 533 g/mol. The van der Waals surface area contributed by atoms with Gasteiger partial charge in [-0.2, -0.15) is 0 Å². The van der Waals surface area contributed by atoms with Crippen molar-refractivity contribution in [3.8, 4) is 0 Å². The molecule has 0 aromatic heterocycles. The molecule has 0 spiro atoms. The minimum absolute atomic E-state index is 0.134. The highest BCUT2D eigenvalue weighted by atomic mass is 32.2. The lowest BCUT2D eigenvalue weighted by molar-refractivity contribution is 0.0941. The lowest BCUT2D eigenvalue weighted by Gasteiger charge is -2.22. The lowest BCUT2D eigenvalue weighted by atomic mass is 10.1. The molecule has 4 nitrogen and oxygen atoms in total. The fraction of sp³-hybridized carbons (Fsp3) is 0.0588. The second-order valence-electron chi connectivity index (χ2n) is 8.97. The summed E-state index contributed by atoms with van der Waals surface area (Å²) in [5.74, 6) is -0.267. The Morgan fingerprint density at radius 1 is 0.425 bits per heavy atom. The maximum absolute atomic E-state index is 13.1. The third-order valence-electron chi connectivity index (χ3n) is 6.13. The maximum atomic E-state index is 13.1. The molecular formula is C34H28N2O2S2. The topological polar surface area (TPSA) is 58.2 Å². The number of carbonyl (C=O) groups excluding carboxylic acids is 2. The summed E-state index contributed by atoms with van der Waals surface area (Å²) in [6, 6.07) is 46.6. The molecule has 0 aliphatic heterocycles. The molecule has 198 valence electrons. The van der Waals surface area contributed by atoms with Crippen molar-refractivity contribution in [2.45, 2.75) is 20.5 Å². The summed E-state index contributed by atoms with van der Waals surface area (Å²) < 4.78 is 0. The van der Waals surface area contributed by atoms with Crippen molar-refractivity contribution in [2.75, 3.05) is 0 Å². The Labute approximate surface area is 243 Å². The predicted octanol–water partition coefficient (Wildman–Crippen LogP) is 8.13. The fourth-order valence-electron chi connectivity index (χ4n) is 4.06. The fourth-order valence-corrected chi connectivity index (χ4v) is 6.15. The molecule has 0 aliphatic carbocycles. The monoisotopic (exact) mass is 560 g/mol. The first-order chi connectivity index (χ1) is 19.7. The van der Waals surface area contributed by atoms with Crippen LogP contribution in [0.25, 0.3) is 0 Å². The van der Waals surface area contributed by atoms with Crippen LogP contribution >= 0.6 is 23.5 Å². The van der Waals surface area contributed by atoms with Crippen LogP contribution < -0.4 is 10.6 Å². The standard InChI is InChI=1S/C34H28N2O2S2/c37-31(25-13-5-1-6-14-25)35-33(39-29-17-9-3-10-18-29)27-21-23-28(24-22-27)34(40-30-19-11-4-12-20-30)36-32(38)26-15-7-2-8-16-26/h1-24,33-34H,(H,35,37)(H,36,38). The predicted molar refractivity (Wildman–Crippen MR) is 164 cm³/mol. The average molecular weight is 561 g/mol. The highest BCUT2D eigenvalue weighted by Crippen LogP contribution is 2.37. The number of hydrogen-bond acceptors (Lipinski definition) is 4. The van der Waals surface area contributed by atoms with Crippen LogP contribution in [0.5, 0.6) is 0 Å². The molecule has 0 heterocycles. The smallest absolute Gasteiger partial charge is 0.252 e. The Bertz CT molecular complexity index is 1400. The van der Waals surface area contributed by atoms with Crippen LogP contribution in [0, 0.1) is 0 Å². The summed E-state index contributed by atoms with van der Waals surface area (Å²) in [6.07, 6.45) is 0. The van der Waals surface area contributed by atoms with E-state index in [1.165, 1.54) is 0 Å². The van der Waals surface area contributed by atoms with E-state index in [0.29, 0.717) is 11.1 Å². The Hall–Kier alpha value is -4.26. The van der Waals surface area contributed by atoms with Crippen LogP contribution in [-0.2, 0) is 0 Å². The highest BCUT2D eigenvalue weighted by Gasteiger charge is 2.20. The summed E-state index contributed by atoms with van der Waals surface area (Å²) in [7, 11) is 0. The summed E-state index contributed by atoms with van der Waals surface area (Å²) >= 11 is 3.17. The minimum Gasteiger partial charge on any atom is -0.336 e. The van der Waals surface area contributed by atoms with Crippen molar-refractivity contribution in [2.24, 2.45) is 0 Å². The molecule has 2 atom stereocenters. The lowest BCUT2D eigenvalue weighted by Crippen LogP contribution is -2.27. The first-order valence-electron chi connectivity index (χ1n) is 12.9. The quantitative estimate of drug-likeness (QED) is 0.134. The second-order valence-corrected chi connectivity index (χ2v) is 11.3. The molecule has 0 radical (unpaired) electrons. The van der Waals surface area contributed by atoms with Crippen LogP contribution in [0.4, 0.5) is 0 Å². The van der Waals surface area contributed by atoms with E-state index in [0.717, 1.165) is 20.9 Å². The minimum atomic E-state index is -0.303. The van der Waals surface area contributed by atoms with E-state index in [1.807, 2.05) is 146 Å². The van der Waals surface area contributed by atoms with Crippen molar-refractivity contribution in [3.05, 3.63) is 168 Å². The molecule has 0 saturated heterocycles. The molecule has 2 amide bonds. The van der Waals surface area contributed by atoms with Gasteiger partial charge in [0.1, 0.15) is 10.7 Å². The number of rotatable bonds is 10. The van der Waals surface area contributed by atoms with Crippen LogP contribution in [0.2, 0.25) is 0 Å². The Morgan fingerprint density at radius 2 is 0.725 bits per heavy atom. The zero-order chi connectivity index (χ0) is 27.6. The first-order valence-corrected chi connectivity index (χ1v) is 14.7. The van der Waals surface area contributed by atoms with E-state index in [9.17, 15) is 9.59 Å². The van der Waals surface area contributed by atoms with Gasteiger partial charge in [0.25, 0.3) is 11.8 Å². The van der Waals surface area contributed by atoms with E-state index in [4.69, 9.17) is 0 Å². The van der Waals surface area contributed by atoms with Crippen molar-refractivity contribution in [1.29, 1.82) is 0 Å². The Kier molecular flexibility index (Phi) is 9.35.